The number of piperazine rings is 1. The Kier molecular flexibility index (Phi) is 6.86. The van der Waals surface area contributed by atoms with Gasteiger partial charge in [-0.1, -0.05) is 30.5 Å². The van der Waals surface area contributed by atoms with E-state index in [1.165, 1.54) is 36.2 Å². The monoisotopic (exact) mass is 566 g/mol. The Balaban J connectivity index is 1.28. The summed E-state index contributed by atoms with van der Waals surface area (Å²) < 4.78 is 25.1. The Morgan fingerprint density at radius 3 is 2.49 bits per heavy atom. The molecule has 6 rings (SSSR count). The number of hydrogen-bond donors (Lipinski definition) is 0. The van der Waals surface area contributed by atoms with Crippen molar-refractivity contribution in [3.05, 3.63) is 63.7 Å². The number of pyridine rings is 1. The van der Waals surface area contributed by atoms with Crippen LogP contribution in [0.4, 0.5) is 11.4 Å². The molecule has 1 saturated heterocycles. The number of benzene rings is 1. The third-order valence-corrected chi connectivity index (χ3v) is 10.2. The molecular formula is C28H31ClN6O3S. The molecule has 39 heavy (non-hydrogen) atoms. The number of rotatable bonds is 4. The summed E-state index contributed by atoms with van der Waals surface area (Å²) in [5.41, 5.74) is 4.64. The molecule has 0 radical (unpaired) electrons. The zero-order chi connectivity index (χ0) is 27.3. The van der Waals surface area contributed by atoms with Crippen LogP contribution < -0.4 is 5.01 Å². The number of amides is 1. The number of hydrogen-bond acceptors (Lipinski definition) is 6. The molecule has 2 aromatic rings. The predicted molar refractivity (Wildman–Crippen MR) is 151 cm³/mol. The Bertz CT molecular complexity index is 1490. The number of aryl methyl sites for hydroxylation is 1. The summed E-state index contributed by atoms with van der Waals surface area (Å²) in [5.74, 6) is 0.644. The molecule has 0 spiro atoms. The Morgan fingerprint density at radius 1 is 1.08 bits per heavy atom. The molecule has 2 atom stereocenters. The van der Waals surface area contributed by atoms with Gasteiger partial charge in [0.15, 0.2) is 0 Å². The van der Waals surface area contributed by atoms with E-state index >= 15 is 0 Å². The maximum atomic E-state index is 13.2. The van der Waals surface area contributed by atoms with Gasteiger partial charge in [-0.3, -0.25) is 9.80 Å². The van der Waals surface area contributed by atoms with E-state index < -0.39 is 10.0 Å². The van der Waals surface area contributed by atoms with Crippen LogP contribution >= 0.6 is 11.6 Å². The molecule has 1 aromatic carbocycles. The molecule has 2 fully saturated rings. The van der Waals surface area contributed by atoms with Crippen molar-refractivity contribution in [2.75, 3.05) is 37.4 Å². The average molecular weight is 567 g/mol. The van der Waals surface area contributed by atoms with Crippen LogP contribution in [0.1, 0.15) is 53.8 Å². The van der Waals surface area contributed by atoms with Crippen molar-refractivity contribution in [1.82, 2.24) is 14.2 Å². The molecule has 4 aliphatic rings. The summed E-state index contributed by atoms with van der Waals surface area (Å²) >= 11 is 6.42. The van der Waals surface area contributed by atoms with Crippen molar-refractivity contribution >= 4 is 44.6 Å². The summed E-state index contributed by atoms with van der Waals surface area (Å²) in [6, 6.07) is 9.55. The molecule has 11 heteroatoms. The van der Waals surface area contributed by atoms with Crippen molar-refractivity contribution in [2.45, 2.75) is 44.6 Å². The van der Waals surface area contributed by atoms with Gasteiger partial charge in [-0.2, -0.15) is 9.41 Å². The fourth-order valence-corrected chi connectivity index (χ4v) is 7.70. The minimum Gasteiger partial charge on any atom is -0.335 e. The number of hydrazone groups is 1. The standard InChI is InChI=1S/C28H31ClN6O3S/c1-30-24-10-7-19(17-22(24)29)35-27(18-5-3-4-6-18)21-9-11-23-20(26(21)32-35)8-12-25(31-23)28(36)33-13-15-34(16-14-33)39(2,37)38/h7-8,10,12,17-18,21,27H,3-6,9,11,13-16H2,2H3. The van der Waals surface area contributed by atoms with Crippen LogP contribution in [0.15, 0.2) is 35.4 Å². The van der Waals surface area contributed by atoms with Gasteiger partial charge in [-0.15, -0.1) is 0 Å². The molecule has 1 amide bonds. The molecule has 2 aliphatic heterocycles. The van der Waals surface area contributed by atoms with E-state index in [4.69, 9.17) is 28.3 Å². The summed E-state index contributed by atoms with van der Waals surface area (Å²) in [4.78, 5) is 23.2. The lowest BCUT2D eigenvalue weighted by Gasteiger charge is -2.34. The number of sulfonamides is 1. The minimum atomic E-state index is -3.26. The first-order valence-corrected chi connectivity index (χ1v) is 15.8. The Labute approximate surface area is 234 Å². The fourth-order valence-electron chi connectivity index (χ4n) is 6.66. The molecule has 2 aliphatic carbocycles. The predicted octanol–water partition coefficient (Wildman–Crippen LogP) is 4.35. The SMILES string of the molecule is [C-]#[N+]c1ccc(N2N=C3c4ccc(C(=O)N5CCN(S(C)(=O)=O)CC5)nc4CCC3C2C2CCCC2)cc1Cl. The van der Waals surface area contributed by atoms with E-state index in [2.05, 4.69) is 9.85 Å². The molecule has 1 aromatic heterocycles. The van der Waals surface area contributed by atoms with Crippen molar-refractivity contribution in [2.24, 2.45) is 16.9 Å². The lowest BCUT2D eigenvalue weighted by atomic mass is 9.76. The minimum absolute atomic E-state index is 0.165. The maximum Gasteiger partial charge on any atom is 0.272 e. The van der Waals surface area contributed by atoms with Crippen molar-refractivity contribution in [1.29, 1.82) is 0 Å². The number of nitrogens with zero attached hydrogens (tertiary/aromatic N) is 6. The van der Waals surface area contributed by atoms with E-state index in [1.54, 1.807) is 17.0 Å². The summed E-state index contributed by atoms with van der Waals surface area (Å²) in [5, 5.41) is 7.72. The van der Waals surface area contributed by atoms with E-state index in [-0.39, 0.29) is 17.9 Å². The Morgan fingerprint density at radius 2 is 1.82 bits per heavy atom. The third-order valence-electron chi connectivity index (χ3n) is 8.62. The van der Waals surface area contributed by atoms with Crippen LogP contribution in [0, 0.1) is 18.4 Å². The second kappa shape index (κ2) is 10.2. The van der Waals surface area contributed by atoms with Gasteiger partial charge < -0.3 is 4.90 Å². The van der Waals surface area contributed by atoms with Gasteiger partial charge in [-0.05, 0) is 55.9 Å². The summed E-state index contributed by atoms with van der Waals surface area (Å²) in [6.45, 7) is 8.64. The highest BCUT2D eigenvalue weighted by Gasteiger charge is 2.46. The topological polar surface area (TPSA) is 90.5 Å². The molecule has 1 saturated carbocycles. The maximum absolute atomic E-state index is 13.2. The zero-order valence-corrected chi connectivity index (χ0v) is 23.5. The van der Waals surface area contributed by atoms with Gasteiger partial charge in [0.05, 0.1) is 36.0 Å². The number of carbonyl (C=O) groups excluding carboxylic acids is 1. The first-order valence-electron chi connectivity index (χ1n) is 13.5. The molecular weight excluding hydrogens is 536 g/mol. The van der Waals surface area contributed by atoms with Gasteiger partial charge in [0.2, 0.25) is 15.7 Å². The molecule has 204 valence electrons. The van der Waals surface area contributed by atoms with E-state index in [1.807, 2.05) is 18.2 Å². The van der Waals surface area contributed by atoms with E-state index in [9.17, 15) is 13.2 Å². The summed E-state index contributed by atoms with van der Waals surface area (Å²) in [6.07, 6.45) is 7.71. The molecule has 0 bridgehead atoms. The number of fused-ring (bicyclic) bond motifs is 3. The van der Waals surface area contributed by atoms with Crippen LogP contribution in [0.3, 0.4) is 0 Å². The largest absolute Gasteiger partial charge is 0.335 e. The first kappa shape index (κ1) is 26.2. The van der Waals surface area contributed by atoms with Gasteiger partial charge in [0.25, 0.3) is 5.91 Å². The van der Waals surface area contributed by atoms with Gasteiger partial charge in [-0.25, -0.2) is 18.2 Å². The number of anilines is 1. The highest BCUT2D eigenvalue weighted by Crippen LogP contribution is 2.45. The second-order valence-corrected chi connectivity index (χ2v) is 13.3. The smallest absolute Gasteiger partial charge is 0.272 e. The average Bonchev–Trinajstić information content (AvgIpc) is 3.60. The highest BCUT2D eigenvalue weighted by atomic mass is 35.5. The number of carbonyl (C=O) groups is 1. The number of aromatic nitrogens is 1. The van der Waals surface area contributed by atoms with Crippen LogP contribution in [0.5, 0.6) is 0 Å². The van der Waals surface area contributed by atoms with E-state index in [0.29, 0.717) is 48.5 Å². The van der Waals surface area contributed by atoms with Gasteiger partial charge >= 0.3 is 0 Å². The van der Waals surface area contributed by atoms with Crippen LogP contribution in [0.2, 0.25) is 5.02 Å². The summed E-state index contributed by atoms with van der Waals surface area (Å²) in [7, 11) is -3.26. The van der Waals surface area contributed by atoms with E-state index in [0.717, 1.165) is 35.5 Å². The molecule has 0 N–H and O–H groups in total. The number of halogens is 1. The zero-order valence-electron chi connectivity index (χ0n) is 21.9. The molecule has 2 unspecified atom stereocenters. The molecule has 3 heterocycles. The van der Waals surface area contributed by atoms with Crippen molar-refractivity contribution in [3.63, 3.8) is 0 Å². The lowest BCUT2D eigenvalue weighted by Crippen LogP contribution is -2.50. The van der Waals surface area contributed by atoms with Crippen molar-refractivity contribution < 1.29 is 13.2 Å². The molecule has 9 nitrogen and oxygen atoms in total. The lowest BCUT2D eigenvalue weighted by molar-refractivity contribution is 0.0692. The normalized spacial score (nSPS) is 23.8. The second-order valence-electron chi connectivity index (χ2n) is 10.9. The third kappa shape index (κ3) is 4.81. The van der Waals surface area contributed by atoms with Gasteiger partial charge in [0.1, 0.15) is 5.69 Å². The fraction of sp³-hybridized carbons (Fsp3) is 0.500. The quantitative estimate of drug-likeness (QED) is 0.513. The van der Waals surface area contributed by atoms with Crippen LogP contribution in [-0.2, 0) is 16.4 Å². The van der Waals surface area contributed by atoms with Crippen molar-refractivity contribution in [3.8, 4) is 0 Å². The first-order chi connectivity index (χ1) is 18.7. The van der Waals surface area contributed by atoms with Crippen LogP contribution in [-0.4, -0.2) is 72.7 Å². The van der Waals surface area contributed by atoms with Crippen LogP contribution in [0.25, 0.3) is 4.85 Å². The highest BCUT2D eigenvalue weighted by molar-refractivity contribution is 7.88. The Hall–Kier alpha value is -3.00. The van der Waals surface area contributed by atoms with Gasteiger partial charge in [0, 0.05) is 42.7 Å².